The summed E-state index contributed by atoms with van der Waals surface area (Å²) in [5.74, 6) is -0.498. The maximum atomic E-state index is 13.3. The van der Waals surface area contributed by atoms with Gasteiger partial charge in [0.1, 0.15) is 5.56 Å². The number of benzene rings is 2. The van der Waals surface area contributed by atoms with Crippen molar-refractivity contribution in [2.24, 2.45) is 5.92 Å². The van der Waals surface area contributed by atoms with Gasteiger partial charge in [-0.2, -0.15) is 0 Å². The van der Waals surface area contributed by atoms with Crippen molar-refractivity contribution in [3.8, 4) is 0 Å². The van der Waals surface area contributed by atoms with Crippen LogP contribution < -0.4 is 5.56 Å². The van der Waals surface area contributed by atoms with Crippen molar-refractivity contribution in [2.75, 3.05) is 13.1 Å². The van der Waals surface area contributed by atoms with E-state index in [2.05, 4.69) is 4.98 Å². The number of fused-ring (bicyclic) bond motifs is 1. The van der Waals surface area contributed by atoms with Crippen LogP contribution in [-0.2, 0) is 0 Å². The minimum absolute atomic E-state index is 0.0632. The molecule has 0 saturated carbocycles. The Labute approximate surface area is 169 Å². The van der Waals surface area contributed by atoms with E-state index in [1.165, 1.54) is 0 Å². The van der Waals surface area contributed by atoms with E-state index in [0.29, 0.717) is 18.7 Å². The molecule has 5 heteroatoms. The summed E-state index contributed by atoms with van der Waals surface area (Å²) in [6.07, 6.45) is 1.49. The molecule has 4 rings (SSSR count). The molecule has 1 saturated heterocycles. The second kappa shape index (κ2) is 7.66. The van der Waals surface area contributed by atoms with Crippen LogP contribution in [0.15, 0.2) is 53.3 Å². The number of rotatable bonds is 3. The van der Waals surface area contributed by atoms with E-state index >= 15 is 0 Å². The summed E-state index contributed by atoms with van der Waals surface area (Å²) >= 11 is 0. The number of likely N-dealkylation sites (tertiary alicyclic amines) is 1. The number of hydrogen-bond donors (Lipinski definition) is 1. The van der Waals surface area contributed by atoms with Gasteiger partial charge in [-0.15, -0.1) is 0 Å². The van der Waals surface area contributed by atoms with Crippen LogP contribution in [0.4, 0.5) is 0 Å². The smallest absolute Gasteiger partial charge is 0.261 e. The molecule has 1 fully saturated rings. The first-order valence-corrected chi connectivity index (χ1v) is 9.97. The topological polar surface area (TPSA) is 70.2 Å². The Morgan fingerprint density at radius 2 is 1.79 bits per heavy atom. The predicted octanol–water partition coefficient (Wildman–Crippen LogP) is 3.88. The quantitative estimate of drug-likeness (QED) is 0.692. The van der Waals surface area contributed by atoms with Crippen LogP contribution in [0.3, 0.4) is 0 Å². The van der Waals surface area contributed by atoms with Crippen LogP contribution in [0.2, 0.25) is 0 Å². The van der Waals surface area contributed by atoms with Crippen molar-refractivity contribution in [1.82, 2.24) is 9.88 Å². The number of ketones is 1. The third kappa shape index (κ3) is 3.60. The summed E-state index contributed by atoms with van der Waals surface area (Å²) in [7, 11) is 0. The Morgan fingerprint density at radius 3 is 2.62 bits per heavy atom. The monoisotopic (exact) mass is 388 g/mol. The lowest BCUT2D eigenvalue weighted by Gasteiger charge is -2.32. The normalized spacial score (nSPS) is 16.8. The fourth-order valence-corrected chi connectivity index (χ4v) is 4.09. The first-order chi connectivity index (χ1) is 14.0. The number of pyridine rings is 1. The molecule has 0 unspecified atom stereocenters. The largest absolute Gasteiger partial charge is 0.338 e. The second-order valence-corrected chi connectivity index (χ2v) is 7.80. The second-order valence-electron chi connectivity index (χ2n) is 7.80. The molecular weight excluding hydrogens is 364 g/mol. The lowest BCUT2D eigenvalue weighted by Crippen LogP contribution is -2.44. The molecule has 0 aliphatic carbocycles. The summed E-state index contributed by atoms with van der Waals surface area (Å²) in [5.41, 5.74) is 2.10. The molecule has 1 N–H and O–H groups in total. The predicted molar refractivity (Wildman–Crippen MR) is 113 cm³/mol. The van der Waals surface area contributed by atoms with Gasteiger partial charge in [0.05, 0.1) is 0 Å². The van der Waals surface area contributed by atoms with Gasteiger partial charge in [-0.1, -0.05) is 42.5 Å². The molecule has 0 bridgehead atoms. The van der Waals surface area contributed by atoms with Gasteiger partial charge >= 0.3 is 0 Å². The van der Waals surface area contributed by atoms with Crippen molar-refractivity contribution in [1.29, 1.82) is 0 Å². The van der Waals surface area contributed by atoms with Crippen molar-refractivity contribution >= 4 is 22.5 Å². The third-order valence-electron chi connectivity index (χ3n) is 5.86. The highest BCUT2D eigenvalue weighted by atomic mass is 16.2. The van der Waals surface area contributed by atoms with E-state index in [-0.39, 0.29) is 28.7 Å². The fraction of sp³-hybridized carbons (Fsp3) is 0.292. The van der Waals surface area contributed by atoms with Crippen LogP contribution in [0.25, 0.3) is 10.8 Å². The van der Waals surface area contributed by atoms with Gasteiger partial charge in [-0.25, -0.2) is 0 Å². The molecule has 5 nitrogen and oxygen atoms in total. The highest BCUT2D eigenvalue weighted by Gasteiger charge is 2.31. The van der Waals surface area contributed by atoms with Gasteiger partial charge < -0.3 is 9.88 Å². The van der Waals surface area contributed by atoms with Crippen molar-refractivity contribution in [3.05, 3.63) is 81.3 Å². The molecule has 0 radical (unpaired) electrons. The molecule has 2 aromatic carbocycles. The lowest BCUT2D eigenvalue weighted by molar-refractivity contribution is 0.0636. The minimum Gasteiger partial charge on any atom is -0.338 e. The standard InChI is InChI=1S/C24H24N2O3/c1-15-13-21(23(28)25-16(15)2)24(29)26-12-6-9-18(14-26)22(27)20-11-5-8-17-7-3-4-10-19(17)20/h3-5,7-8,10-11,13,18H,6,9,12,14H2,1-2H3,(H,25,28)/t18-/m0/s1. The Morgan fingerprint density at radius 1 is 1.03 bits per heavy atom. The zero-order chi connectivity index (χ0) is 20.5. The average molecular weight is 388 g/mol. The van der Waals surface area contributed by atoms with Gasteiger partial charge in [0.15, 0.2) is 5.78 Å². The van der Waals surface area contributed by atoms with Crippen LogP contribution in [-0.4, -0.2) is 34.7 Å². The molecule has 0 spiro atoms. The molecular formula is C24H24N2O3. The summed E-state index contributed by atoms with van der Waals surface area (Å²) < 4.78 is 0. The van der Waals surface area contributed by atoms with Crippen LogP contribution in [0.1, 0.15) is 44.8 Å². The molecule has 3 aromatic rings. The summed E-state index contributed by atoms with van der Waals surface area (Å²) in [5, 5.41) is 1.97. The minimum atomic E-state index is -0.374. The number of nitrogens with zero attached hydrogens (tertiary/aromatic N) is 1. The maximum absolute atomic E-state index is 13.3. The number of amides is 1. The van der Waals surface area contributed by atoms with Gasteiger partial charge in [-0.3, -0.25) is 14.4 Å². The van der Waals surface area contributed by atoms with E-state index in [1.54, 1.807) is 11.0 Å². The van der Waals surface area contributed by atoms with Crippen molar-refractivity contribution < 1.29 is 9.59 Å². The Bertz CT molecular complexity index is 1160. The van der Waals surface area contributed by atoms with Crippen molar-refractivity contribution in [3.63, 3.8) is 0 Å². The first kappa shape index (κ1) is 19.1. The van der Waals surface area contributed by atoms with Crippen LogP contribution >= 0.6 is 0 Å². The molecule has 29 heavy (non-hydrogen) atoms. The lowest BCUT2D eigenvalue weighted by atomic mass is 9.87. The number of piperidine rings is 1. The van der Waals surface area contributed by atoms with Gasteiger partial charge in [0, 0.05) is 30.3 Å². The van der Waals surface area contributed by atoms with Crippen molar-refractivity contribution in [2.45, 2.75) is 26.7 Å². The summed E-state index contributed by atoms with van der Waals surface area (Å²) in [4.78, 5) is 42.9. The Balaban J connectivity index is 1.60. The summed E-state index contributed by atoms with van der Waals surface area (Å²) in [6, 6.07) is 15.2. The van der Waals surface area contributed by atoms with Crippen LogP contribution in [0.5, 0.6) is 0 Å². The number of hydrogen-bond acceptors (Lipinski definition) is 3. The number of carbonyl (C=O) groups is 2. The number of carbonyl (C=O) groups excluding carboxylic acids is 2. The number of nitrogens with one attached hydrogen (secondary N) is 1. The summed E-state index contributed by atoms with van der Waals surface area (Å²) in [6.45, 7) is 4.58. The van der Waals surface area contributed by atoms with E-state index < -0.39 is 0 Å². The molecule has 148 valence electrons. The average Bonchev–Trinajstić information content (AvgIpc) is 2.75. The molecule has 1 atom stereocenters. The number of aromatic nitrogens is 1. The Hall–Kier alpha value is -3.21. The highest BCUT2D eigenvalue weighted by Crippen LogP contribution is 2.26. The number of aryl methyl sites for hydroxylation is 2. The van der Waals surface area contributed by atoms with E-state index in [1.807, 2.05) is 56.3 Å². The third-order valence-corrected chi connectivity index (χ3v) is 5.86. The molecule has 1 amide bonds. The molecule has 1 aliphatic rings. The molecule has 2 heterocycles. The zero-order valence-corrected chi connectivity index (χ0v) is 16.7. The molecule has 1 aromatic heterocycles. The van der Waals surface area contributed by atoms with E-state index in [9.17, 15) is 14.4 Å². The van der Waals surface area contributed by atoms with E-state index in [0.717, 1.165) is 34.9 Å². The first-order valence-electron chi connectivity index (χ1n) is 9.97. The number of aromatic amines is 1. The number of H-pyrrole nitrogens is 1. The van der Waals surface area contributed by atoms with Gasteiger partial charge in [0.2, 0.25) is 0 Å². The SMILES string of the molecule is Cc1cc(C(=O)N2CCC[C@H](C(=O)c3cccc4ccccc34)C2)c(=O)[nH]c1C. The van der Waals surface area contributed by atoms with Crippen LogP contribution in [0, 0.1) is 19.8 Å². The number of Topliss-reactive ketones (excluding diaryl/α,β-unsaturated/α-hetero) is 1. The van der Waals surface area contributed by atoms with Gasteiger partial charge in [0.25, 0.3) is 11.5 Å². The van der Waals surface area contributed by atoms with E-state index in [4.69, 9.17) is 0 Å². The highest BCUT2D eigenvalue weighted by molar-refractivity contribution is 6.09. The fourth-order valence-electron chi connectivity index (χ4n) is 4.09. The van der Waals surface area contributed by atoms with Gasteiger partial charge in [-0.05, 0) is 49.1 Å². The zero-order valence-electron chi connectivity index (χ0n) is 16.7. The maximum Gasteiger partial charge on any atom is 0.261 e. The Kier molecular flexibility index (Phi) is 5.05. The molecule has 1 aliphatic heterocycles.